The van der Waals surface area contributed by atoms with Crippen molar-refractivity contribution < 1.29 is 8.42 Å². The van der Waals surface area contributed by atoms with Crippen molar-refractivity contribution in [2.75, 3.05) is 18.1 Å². The summed E-state index contributed by atoms with van der Waals surface area (Å²) < 4.78 is 23.1. The molecule has 18 heavy (non-hydrogen) atoms. The molecule has 4 heteroatoms. The lowest BCUT2D eigenvalue weighted by molar-refractivity contribution is 0.589. The van der Waals surface area contributed by atoms with Crippen LogP contribution in [0.3, 0.4) is 0 Å². The third kappa shape index (κ3) is 4.78. The second kappa shape index (κ2) is 5.85. The van der Waals surface area contributed by atoms with Gasteiger partial charge in [0.1, 0.15) is 0 Å². The fourth-order valence-electron chi connectivity index (χ4n) is 1.73. The van der Waals surface area contributed by atoms with E-state index < -0.39 is 9.84 Å². The Morgan fingerprint density at radius 2 is 1.61 bits per heavy atom. The first-order valence-electron chi connectivity index (χ1n) is 6.24. The second-order valence-electron chi connectivity index (χ2n) is 5.64. The molecule has 0 saturated carbocycles. The highest BCUT2D eigenvalue weighted by molar-refractivity contribution is 7.91. The lowest BCUT2D eigenvalue weighted by atomic mass is 9.86. The minimum absolute atomic E-state index is 0.0765. The number of hydrogen-bond donors (Lipinski definition) is 1. The Hall–Kier alpha value is -0.870. The molecule has 3 nitrogen and oxygen atoms in total. The fraction of sp³-hybridized carbons (Fsp3) is 0.571. The van der Waals surface area contributed by atoms with Crippen LogP contribution in [0.25, 0.3) is 0 Å². The van der Waals surface area contributed by atoms with Crippen LogP contribution < -0.4 is 5.73 Å². The van der Waals surface area contributed by atoms with E-state index in [0.29, 0.717) is 6.42 Å². The van der Waals surface area contributed by atoms with E-state index in [1.807, 2.05) is 12.1 Å². The standard InChI is InChI=1S/C14H23NO2S/c1-14(2,3)13-6-4-12(5-7-13)8-10-18(16,17)11-9-15/h4-7H,8-11,15H2,1-3H3. The quantitative estimate of drug-likeness (QED) is 0.888. The molecule has 2 N–H and O–H groups in total. The molecule has 0 aromatic heterocycles. The maximum atomic E-state index is 11.6. The highest BCUT2D eigenvalue weighted by Crippen LogP contribution is 2.22. The van der Waals surface area contributed by atoms with E-state index in [2.05, 4.69) is 32.9 Å². The molecule has 0 aliphatic heterocycles. The van der Waals surface area contributed by atoms with Gasteiger partial charge in [0, 0.05) is 6.54 Å². The summed E-state index contributed by atoms with van der Waals surface area (Å²) in [5.74, 6) is 0.256. The SMILES string of the molecule is CC(C)(C)c1ccc(CCS(=O)(=O)CCN)cc1. The minimum Gasteiger partial charge on any atom is -0.329 e. The Labute approximate surface area is 110 Å². The number of benzene rings is 1. The van der Waals surface area contributed by atoms with E-state index >= 15 is 0 Å². The van der Waals surface area contributed by atoms with Gasteiger partial charge in [0.2, 0.25) is 0 Å². The Bertz CT molecular complexity index is 470. The summed E-state index contributed by atoms with van der Waals surface area (Å²) in [6, 6.07) is 8.17. The molecule has 0 radical (unpaired) electrons. The van der Waals surface area contributed by atoms with E-state index in [1.165, 1.54) is 5.56 Å². The van der Waals surface area contributed by atoms with Gasteiger partial charge in [-0.2, -0.15) is 0 Å². The average Bonchev–Trinajstić information content (AvgIpc) is 2.26. The third-order valence-corrected chi connectivity index (χ3v) is 4.63. The molecule has 0 fully saturated rings. The van der Waals surface area contributed by atoms with E-state index in [1.54, 1.807) is 0 Å². The average molecular weight is 269 g/mol. The summed E-state index contributed by atoms with van der Waals surface area (Å²) in [7, 11) is -2.99. The number of nitrogens with two attached hydrogens (primary N) is 1. The van der Waals surface area contributed by atoms with Crippen LogP contribution in [-0.4, -0.2) is 26.5 Å². The molecule has 0 unspecified atom stereocenters. The molecule has 0 amide bonds. The number of hydrogen-bond acceptors (Lipinski definition) is 3. The van der Waals surface area contributed by atoms with Crippen LogP contribution in [0.4, 0.5) is 0 Å². The van der Waals surface area contributed by atoms with Crippen LogP contribution in [0.1, 0.15) is 31.9 Å². The first-order valence-corrected chi connectivity index (χ1v) is 8.07. The predicted molar refractivity (Wildman–Crippen MR) is 76.6 cm³/mol. The van der Waals surface area contributed by atoms with Gasteiger partial charge in [-0.1, -0.05) is 45.0 Å². The van der Waals surface area contributed by atoms with Crippen LogP contribution >= 0.6 is 0 Å². The second-order valence-corrected chi connectivity index (χ2v) is 7.94. The fourth-order valence-corrected chi connectivity index (χ4v) is 2.84. The summed E-state index contributed by atoms with van der Waals surface area (Å²) in [5.41, 5.74) is 7.72. The monoisotopic (exact) mass is 269 g/mol. The van der Waals surface area contributed by atoms with Crippen molar-refractivity contribution in [2.24, 2.45) is 5.73 Å². The van der Waals surface area contributed by atoms with Gasteiger partial charge in [-0.15, -0.1) is 0 Å². The van der Waals surface area contributed by atoms with Gasteiger partial charge < -0.3 is 5.73 Å². The molecule has 0 aliphatic rings. The molecule has 0 atom stereocenters. The molecule has 1 aromatic carbocycles. The van der Waals surface area contributed by atoms with Gasteiger partial charge in [-0.05, 0) is 23.0 Å². The van der Waals surface area contributed by atoms with Gasteiger partial charge in [0.15, 0.2) is 9.84 Å². The molecule has 102 valence electrons. The Balaban J connectivity index is 2.65. The first kappa shape index (κ1) is 15.2. The van der Waals surface area contributed by atoms with E-state index in [-0.39, 0.29) is 23.5 Å². The minimum atomic E-state index is -2.99. The number of sulfone groups is 1. The zero-order valence-corrected chi connectivity index (χ0v) is 12.3. The molecule has 0 aliphatic carbocycles. The van der Waals surface area contributed by atoms with Crippen LogP contribution in [0.15, 0.2) is 24.3 Å². The molecule has 0 spiro atoms. The summed E-state index contributed by atoms with van der Waals surface area (Å²) in [6.45, 7) is 6.68. The number of rotatable bonds is 5. The van der Waals surface area contributed by atoms with E-state index in [0.717, 1.165) is 5.56 Å². The Morgan fingerprint density at radius 1 is 1.06 bits per heavy atom. The molecule has 0 heterocycles. The molecule has 0 saturated heterocycles. The smallest absolute Gasteiger partial charge is 0.151 e. The molecular weight excluding hydrogens is 246 g/mol. The summed E-state index contributed by atoms with van der Waals surface area (Å²) in [5, 5.41) is 0. The lowest BCUT2D eigenvalue weighted by Gasteiger charge is -2.19. The van der Waals surface area contributed by atoms with Crippen molar-refractivity contribution in [1.82, 2.24) is 0 Å². The normalized spacial score (nSPS) is 12.7. The largest absolute Gasteiger partial charge is 0.329 e. The van der Waals surface area contributed by atoms with E-state index in [9.17, 15) is 8.42 Å². The van der Waals surface area contributed by atoms with Crippen molar-refractivity contribution in [3.8, 4) is 0 Å². The Morgan fingerprint density at radius 3 is 2.06 bits per heavy atom. The topological polar surface area (TPSA) is 60.2 Å². The third-order valence-electron chi connectivity index (χ3n) is 2.95. The molecular formula is C14H23NO2S. The Kier molecular flexibility index (Phi) is 4.93. The van der Waals surface area contributed by atoms with E-state index in [4.69, 9.17) is 5.73 Å². The van der Waals surface area contributed by atoms with Crippen LogP contribution in [0.5, 0.6) is 0 Å². The van der Waals surface area contributed by atoms with Crippen molar-refractivity contribution in [3.63, 3.8) is 0 Å². The van der Waals surface area contributed by atoms with Crippen LogP contribution in [0, 0.1) is 0 Å². The lowest BCUT2D eigenvalue weighted by Crippen LogP contribution is -2.19. The van der Waals surface area contributed by atoms with Crippen molar-refractivity contribution >= 4 is 9.84 Å². The highest BCUT2D eigenvalue weighted by atomic mass is 32.2. The van der Waals surface area contributed by atoms with Gasteiger partial charge in [-0.3, -0.25) is 0 Å². The molecule has 1 aromatic rings. The maximum absolute atomic E-state index is 11.6. The van der Waals surface area contributed by atoms with Gasteiger partial charge >= 0.3 is 0 Å². The summed E-state index contributed by atoms with van der Waals surface area (Å²) in [4.78, 5) is 0. The van der Waals surface area contributed by atoms with Crippen molar-refractivity contribution in [2.45, 2.75) is 32.6 Å². The molecule has 0 bridgehead atoms. The van der Waals surface area contributed by atoms with Crippen molar-refractivity contribution in [3.05, 3.63) is 35.4 Å². The van der Waals surface area contributed by atoms with Crippen LogP contribution in [0.2, 0.25) is 0 Å². The predicted octanol–water partition coefficient (Wildman–Crippen LogP) is 1.90. The van der Waals surface area contributed by atoms with Gasteiger partial charge in [0.05, 0.1) is 11.5 Å². The summed E-state index contributed by atoms with van der Waals surface area (Å²) in [6.07, 6.45) is 0.562. The number of aryl methyl sites for hydroxylation is 1. The summed E-state index contributed by atoms with van der Waals surface area (Å²) >= 11 is 0. The van der Waals surface area contributed by atoms with Crippen LogP contribution in [-0.2, 0) is 21.7 Å². The maximum Gasteiger partial charge on any atom is 0.151 e. The molecule has 1 rings (SSSR count). The first-order chi connectivity index (χ1) is 8.24. The zero-order valence-electron chi connectivity index (χ0n) is 11.4. The highest BCUT2D eigenvalue weighted by Gasteiger charge is 2.13. The van der Waals surface area contributed by atoms with Gasteiger partial charge in [0.25, 0.3) is 0 Å². The van der Waals surface area contributed by atoms with Crippen molar-refractivity contribution in [1.29, 1.82) is 0 Å². The zero-order chi connectivity index (χ0) is 13.8. The van der Waals surface area contributed by atoms with Gasteiger partial charge in [-0.25, -0.2) is 8.42 Å².